The van der Waals surface area contributed by atoms with Crippen LogP contribution in [0.4, 0.5) is 5.69 Å². The SMILES string of the molecule is COCCn1cnc2cc(N3CCN(C(=O)c4snnc4C)CC3)ccc2c1=O. The van der Waals surface area contributed by atoms with Crippen molar-refractivity contribution < 1.29 is 9.53 Å². The second kappa shape index (κ2) is 8.26. The Bertz CT molecular complexity index is 1090. The number of fused-ring (bicyclic) bond motifs is 1. The number of piperazine rings is 1. The number of anilines is 1. The van der Waals surface area contributed by atoms with Crippen LogP contribution in [0, 0.1) is 6.92 Å². The van der Waals surface area contributed by atoms with Crippen LogP contribution in [-0.4, -0.2) is 69.8 Å². The second-order valence-corrected chi connectivity index (χ2v) is 7.66. The molecule has 0 unspecified atom stereocenters. The van der Waals surface area contributed by atoms with Crippen LogP contribution in [0.25, 0.3) is 10.9 Å². The largest absolute Gasteiger partial charge is 0.383 e. The Morgan fingerprint density at radius 1 is 1.24 bits per heavy atom. The van der Waals surface area contributed by atoms with Gasteiger partial charge in [0.25, 0.3) is 11.5 Å². The molecule has 0 atom stereocenters. The zero-order chi connectivity index (χ0) is 20.4. The molecule has 152 valence electrons. The molecule has 1 aliphatic rings. The number of benzene rings is 1. The molecular weight excluding hydrogens is 392 g/mol. The minimum atomic E-state index is -0.0671. The van der Waals surface area contributed by atoms with Crippen molar-refractivity contribution in [1.82, 2.24) is 24.0 Å². The van der Waals surface area contributed by atoms with Gasteiger partial charge < -0.3 is 14.5 Å². The van der Waals surface area contributed by atoms with E-state index in [9.17, 15) is 9.59 Å². The average Bonchev–Trinajstić information content (AvgIpc) is 3.18. The quantitative estimate of drug-likeness (QED) is 0.619. The molecule has 1 aliphatic heterocycles. The average molecular weight is 414 g/mol. The third-order valence-electron chi connectivity index (χ3n) is 5.12. The molecule has 0 N–H and O–H groups in total. The first-order valence-electron chi connectivity index (χ1n) is 9.40. The summed E-state index contributed by atoms with van der Waals surface area (Å²) in [5, 5.41) is 4.52. The number of carbonyl (C=O) groups excluding carboxylic acids is 1. The normalized spacial score (nSPS) is 14.6. The molecule has 3 heterocycles. The van der Waals surface area contributed by atoms with Crippen LogP contribution in [0.2, 0.25) is 0 Å². The van der Waals surface area contributed by atoms with E-state index in [4.69, 9.17) is 4.74 Å². The maximum Gasteiger partial charge on any atom is 0.267 e. The molecule has 3 aromatic rings. The Kier molecular flexibility index (Phi) is 5.54. The van der Waals surface area contributed by atoms with Crippen LogP contribution >= 0.6 is 11.5 Å². The molecule has 2 aromatic heterocycles. The highest BCUT2D eigenvalue weighted by atomic mass is 32.1. The number of ether oxygens (including phenoxy) is 1. The van der Waals surface area contributed by atoms with Crippen molar-refractivity contribution in [3.8, 4) is 0 Å². The number of rotatable bonds is 5. The van der Waals surface area contributed by atoms with Crippen LogP contribution in [0.3, 0.4) is 0 Å². The van der Waals surface area contributed by atoms with Crippen molar-refractivity contribution in [3.63, 3.8) is 0 Å². The lowest BCUT2D eigenvalue weighted by molar-refractivity contribution is 0.0750. The highest BCUT2D eigenvalue weighted by Gasteiger charge is 2.25. The van der Waals surface area contributed by atoms with E-state index in [1.54, 1.807) is 24.9 Å². The van der Waals surface area contributed by atoms with Gasteiger partial charge in [0.2, 0.25) is 0 Å². The fourth-order valence-corrected chi connectivity index (χ4v) is 4.06. The summed E-state index contributed by atoms with van der Waals surface area (Å²) in [4.78, 5) is 34.3. The van der Waals surface area contributed by atoms with Crippen molar-refractivity contribution in [3.05, 3.63) is 45.5 Å². The molecule has 29 heavy (non-hydrogen) atoms. The van der Waals surface area contributed by atoms with Crippen molar-refractivity contribution in [1.29, 1.82) is 0 Å². The van der Waals surface area contributed by atoms with E-state index in [2.05, 4.69) is 19.5 Å². The molecule has 10 heteroatoms. The molecule has 0 aliphatic carbocycles. The summed E-state index contributed by atoms with van der Waals surface area (Å²) < 4.78 is 10.5. The van der Waals surface area contributed by atoms with Crippen molar-refractivity contribution >= 4 is 34.0 Å². The predicted molar refractivity (Wildman–Crippen MR) is 111 cm³/mol. The molecule has 1 saturated heterocycles. The van der Waals surface area contributed by atoms with Gasteiger partial charge in [0.05, 0.1) is 36.1 Å². The molecule has 1 fully saturated rings. The van der Waals surface area contributed by atoms with Gasteiger partial charge in [-0.1, -0.05) is 4.49 Å². The summed E-state index contributed by atoms with van der Waals surface area (Å²) in [5.74, 6) is -0.00561. The minimum Gasteiger partial charge on any atom is -0.383 e. The maximum absolute atomic E-state index is 12.6. The monoisotopic (exact) mass is 414 g/mol. The van der Waals surface area contributed by atoms with Gasteiger partial charge >= 0.3 is 0 Å². The van der Waals surface area contributed by atoms with Gasteiger partial charge in [-0.25, -0.2) is 4.98 Å². The Balaban J connectivity index is 1.48. The topological polar surface area (TPSA) is 93.4 Å². The van der Waals surface area contributed by atoms with Crippen molar-refractivity contribution in [2.24, 2.45) is 0 Å². The summed E-state index contributed by atoms with van der Waals surface area (Å²) in [6.07, 6.45) is 1.56. The van der Waals surface area contributed by atoms with Gasteiger partial charge in [-0.15, -0.1) is 5.10 Å². The van der Waals surface area contributed by atoms with E-state index in [-0.39, 0.29) is 11.5 Å². The van der Waals surface area contributed by atoms with E-state index in [1.165, 1.54) is 0 Å². The van der Waals surface area contributed by atoms with Gasteiger partial charge in [0.1, 0.15) is 4.88 Å². The highest BCUT2D eigenvalue weighted by Crippen LogP contribution is 2.21. The summed E-state index contributed by atoms with van der Waals surface area (Å²) in [5.41, 5.74) is 2.29. The van der Waals surface area contributed by atoms with E-state index in [0.717, 1.165) is 17.2 Å². The Hall–Kier alpha value is -2.85. The molecule has 0 bridgehead atoms. The number of aromatic nitrogens is 4. The minimum absolute atomic E-state index is 0.00561. The van der Waals surface area contributed by atoms with Gasteiger partial charge in [0, 0.05) is 39.0 Å². The molecule has 4 rings (SSSR count). The molecule has 1 aromatic carbocycles. The Morgan fingerprint density at radius 2 is 2.03 bits per heavy atom. The van der Waals surface area contributed by atoms with E-state index in [0.29, 0.717) is 60.8 Å². The van der Waals surface area contributed by atoms with E-state index < -0.39 is 0 Å². The number of nitrogens with zero attached hydrogens (tertiary/aromatic N) is 6. The standard InChI is InChI=1S/C19H22N6O3S/c1-13-17(29-22-21-13)19(27)24-7-5-23(6-8-24)14-3-4-15-16(11-14)20-12-25(18(15)26)9-10-28-2/h3-4,11-12H,5-10H2,1-2H3. The predicted octanol–water partition coefficient (Wildman–Crippen LogP) is 1.17. The number of aryl methyl sites for hydroxylation is 1. The van der Waals surface area contributed by atoms with Gasteiger partial charge in [-0.3, -0.25) is 14.2 Å². The summed E-state index contributed by atoms with van der Waals surface area (Å²) >= 11 is 1.14. The lowest BCUT2D eigenvalue weighted by Gasteiger charge is -2.36. The van der Waals surface area contributed by atoms with Gasteiger partial charge in [-0.05, 0) is 36.7 Å². The van der Waals surface area contributed by atoms with Crippen LogP contribution in [0.1, 0.15) is 15.4 Å². The molecule has 0 radical (unpaired) electrons. The first kappa shape index (κ1) is 19.5. The van der Waals surface area contributed by atoms with Crippen molar-refractivity contribution in [2.75, 3.05) is 44.8 Å². The second-order valence-electron chi connectivity index (χ2n) is 6.90. The summed E-state index contributed by atoms with van der Waals surface area (Å²) in [6, 6.07) is 5.71. The smallest absolute Gasteiger partial charge is 0.267 e. The number of amides is 1. The number of hydrogen-bond acceptors (Lipinski definition) is 8. The zero-order valence-corrected chi connectivity index (χ0v) is 17.2. The van der Waals surface area contributed by atoms with E-state index in [1.807, 2.05) is 23.1 Å². The molecular formula is C19H22N6O3S. The fourth-order valence-electron chi connectivity index (χ4n) is 3.43. The van der Waals surface area contributed by atoms with Crippen LogP contribution in [0.5, 0.6) is 0 Å². The Labute approximate surface area is 171 Å². The van der Waals surface area contributed by atoms with Gasteiger partial charge in [-0.2, -0.15) is 0 Å². The lowest BCUT2D eigenvalue weighted by Crippen LogP contribution is -2.48. The van der Waals surface area contributed by atoms with Crippen LogP contribution in [-0.2, 0) is 11.3 Å². The Morgan fingerprint density at radius 3 is 2.72 bits per heavy atom. The summed E-state index contributed by atoms with van der Waals surface area (Å²) in [7, 11) is 1.61. The van der Waals surface area contributed by atoms with Crippen LogP contribution in [0.15, 0.2) is 29.3 Å². The number of hydrogen-bond donors (Lipinski definition) is 0. The first-order chi connectivity index (χ1) is 14.1. The molecule has 1 amide bonds. The third-order valence-corrected chi connectivity index (χ3v) is 5.94. The lowest BCUT2D eigenvalue weighted by atomic mass is 10.2. The highest BCUT2D eigenvalue weighted by molar-refractivity contribution is 7.07. The van der Waals surface area contributed by atoms with E-state index >= 15 is 0 Å². The van der Waals surface area contributed by atoms with Gasteiger partial charge in [0.15, 0.2) is 0 Å². The first-order valence-corrected chi connectivity index (χ1v) is 10.2. The van der Waals surface area contributed by atoms with Crippen molar-refractivity contribution in [2.45, 2.75) is 13.5 Å². The zero-order valence-electron chi connectivity index (χ0n) is 16.4. The number of methoxy groups -OCH3 is 1. The molecule has 9 nitrogen and oxygen atoms in total. The molecule has 0 saturated carbocycles. The number of carbonyl (C=O) groups is 1. The third kappa shape index (κ3) is 3.85. The molecule has 0 spiro atoms. The fraction of sp³-hybridized carbons (Fsp3) is 0.421. The maximum atomic E-state index is 12.6. The van der Waals surface area contributed by atoms with Crippen LogP contribution < -0.4 is 10.5 Å². The summed E-state index contributed by atoms with van der Waals surface area (Å²) in [6.45, 7) is 5.43.